The normalized spacial score (nSPS) is 10.7. The zero-order valence-corrected chi connectivity index (χ0v) is 9.65. The van der Waals surface area contributed by atoms with Crippen molar-refractivity contribution in [3.8, 4) is 11.5 Å². The molecule has 0 bridgehead atoms. The molecule has 2 aromatic carbocycles. The topological polar surface area (TPSA) is 62.1 Å². The molecule has 18 heavy (non-hydrogen) atoms. The molecular weight excluding hydrogens is 230 g/mol. The van der Waals surface area contributed by atoms with Crippen LogP contribution in [-0.2, 0) is 6.61 Å². The highest BCUT2D eigenvalue weighted by Gasteiger charge is 2.02. The number of rotatable bonds is 4. The van der Waals surface area contributed by atoms with Crippen molar-refractivity contribution in [2.24, 2.45) is 5.16 Å². The molecule has 0 amide bonds. The lowest BCUT2D eigenvalue weighted by Crippen LogP contribution is -1.95. The van der Waals surface area contributed by atoms with Gasteiger partial charge < -0.3 is 15.1 Å². The second-order valence-corrected chi connectivity index (χ2v) is 3.74. The number of hydrogen-bond donors (Lipinski definition) is 2. The van der Waals surface area contributed by atoms with Crippen molar-refractivity contribution in [1.82, 2.24) is 0 Å². The summed E-state index contributed by atoms with van der Waals surface area (Å²) in [5, 5.41) is 20.9. The van der Waals surface area contributed by atoms with Crippen LogP contribution in [0.4, 0.5) is 0 Å². The molecule has 0 spiro atoms. The Hall–Kier alpha value is -2.49. The molecule has 0 unspecified atom stereocenters. The summed E-state index contributed by atoms with van der Waals surface area (Å²) in [4.78, 5) is 0. The number of nitrogens with zero attached hydrogens (tertiary/aromatic N) is 1. The van der Waals surface area contributed by atoms with Gasteiger partial charge in [-0.05, 0) is 17.7 Å². The monoisotopic (exact) mass is 243 g/mol. The van der Waals surface area contributed by atoms with Crippen molar-refractivity contribution in [2.75, 3.05) is 0 Å². The van der Waals surface area contributed by atoms with Crippen molar-refractivity contribution in [3.63, 3.8) is 0 Å². The standard InChI is InChI=1S/C14H13NO3/c16-14-8-13(7-6-12(14)9-15-17)18-10-11-4-2-1-3-5-11/h1-9,16-17H,10H2/b15-9-. The molecule has 0 saturated heterocycles. The lowest BCUT2D eigenvalue weighted by molar-refractivity contribution is 0.304. The first-order valence-electron chi connectivity index (χ1n) is 5.47. The van der Waals surface area contributed by atoms with E-state index in [9.17, 15) is 5.11 Å². The van der Waals surface area contributed by atoms with E-state index in [1.165, 1.54) is 6.07 Å². The maximum absolute atomic E-state index is 9.64. The van der Waals surface area contributed by atoms with E-state index in [4.69, 9.17) is 9.94 Å². The van der Waals surface area contributed by atoms with E-state index in [2.05, 4.69) is 5.16 Å². The fourth-order valence-corrected chi connectivity index (χ4v) is 1.53. The van der Waals surface area contributed by atoms with Gasteiger partial charge in [0.2, 0.25) is 0 Å². The quantitative estimate of drug-likeness (QED) is 0.493. The van der Waals surface area contributed by atoms with Crippen LogP contribution < -0.4 is 4.74 Å². The molecule has 2 rings (SSSR count). The molecule has 0 fully saturated rings. The summed E-state index contributed by atoms with van der Waals surface area (Å²) in [6.45, 7) is 0.438. The Morgan fingerprint density at radius 2 is 1.89 bits per heavy atom. The molecular formula is C14H13NO3. The van der Waals surface area contributed by atoms with Crippen LogP contribution in [0.5, 0.6) is 11.5 Å². The Bertz CT molecular complexity index is 538. The van der Waals surface area contributed by atoms with E-state index in [1.54, 1.807) is 12.1 Å². The molecule has 0 aliphatic rings. The smallest absolute Gasteiger partial charge is 0.128 e. The van der Waals surface area contributed by atoms with E-state index in [0.717, 1.165) is 11.8 Å². The van der Waals surface area contributed by atoms with Gasteiger partial charge in [-0.3, -0.25) is 0 Å². The van der Waals surface area contributed by atoms with Gasteiger partial charge in [0.25, 0.3) is 0 Å². The lowest BCUT2D eigenvalue weighted by Gasteiger charge is -2.07. The zero-order chi connectivity index (χ0) is 12.8. The Kier molecular flexibility index (Phi) is 3.81. The number of phenols is 1. The van der Waals surface area contributed by atoms with Crippen molar-refractivity contribution in [3.05, 3.63) is 59.7 Å². The van der Waals surface area contributed by atoms with Gasteiger partial charge in [-0.25, -0.2) is 0 Å². The first-order valence-corrected chi connectivity index (χ1v) is 5.47. The van der Waals surface area contributed by atoms with Crippen LogP contribution in [0.25, 0.3) is 0 Å². The Balaban J connectivity index is 2.04. The molecule has 0 atom stereocenters. The molecule has 4 nitrogen and oxygen atoms in total. The van der Waals surface area contributed by atoms with Crippen LogP contribution in [0, 0.1) is 0 Å². The van der Waals surface area contributed by atoms with Crippen LogP contribution in [-0.4, -0.2) is 16.5 Å². The second-order valence-electron chi connectivity index (χ2n) is 3.74. The number of ether oxygens (including phenoxy) is 1. The average molecular weight is 243 g/mol. The fraction of sp³-hybridized carbons (Fsp3) is 0.0714. The molecule has 2 aromatic rings. The third kappa shape index (κ3) is 3.01. The van der Waals surface area contributed by atoms with Crippen LogP contribution >= 0.6 is 0 Å². The summed E-state index contributed by atoms with van der Waals surface area (Å²) in [7, 11) is 0. The predicted octanol–water partition coefficient (Wildman–Crippen LogP) is 2.78. The molecule has 0 aromatic heterocycles. The molecule has 0 aliphatic carbocycles. The second kappa shape index (κ2) is 5.72. The average Bonchev–Trinajstić information content (AvgIpc) is 2.41. The predicted molar refractivity (Wildman–Crippen MR) is 68.3 cm³/mol. The summed E-state index contributed by atoms with van der Waals surface area (Å²) >= 11 is 0. The number of aromatic hydroxyl groups is 1. The summed E-state index contributed by atoms with van der Waals surface area (Å²) in [5.41, 5.74) is 1.49. The minimum Gasteiger partial charge on any atom is -0.507 e. The highest BCUT2D eigenvalue weighted by atomic mass is 16.5. The van der Waals surface area contributed by atoms with Gasteiger partial charge in [0.15, 0.2) is 0 Å². The van der Waals surface area contributed by atoms with E-state index in [0.29, 0.717) is 17.9 Å². The van der Waals surface area contributed by atoms with Gasteiger partial charge in [-0.2, -0.15) is 0 Å². The lowest BCUT2D eigenvalue weighted by atomic mass is 10.2. The van der Waals surface area contributed by atoms with Crippen molar-refractivity contribution in [1.29, 1.82) is 0 Å². The highest BCUT2D eigenvalue weighted by Crippen LogP contribution is 2.23. The third-order valence-electron chi connectivity index (χ3n) is 2.45. The van der Waals surface area contributed by atoms with Crippen LogP contribution in [0.3, 0.4) is 0 Å². The van der Waals surface area contributed by atoms with Crippen LogP contribution in [0.1, 0.15) is 11.1 Å². The molecule has 0 saturated carbocycles. The van der Waals surface area contributed by atoms with Gasteiger partial charge >= 0.3 is 0 Å². The van der Waals surface area contributed by atoms with E-state index in [1.807, 2.05) is 30.3 Å². The third-order valence-corrected chi connectivity index (χ3v) is 2.45. The molecule has 92 valence electrons. The zero-order valence-electron chi connectivity index (χ0n) is 9.65. The minimum atomic E-state index is 0.0124. The van der Waals surface area contributed by atoms with Crippen LogP contribution in [0.15, 0.2) is 53.7 Å². The molecule has 0 radical (unpaired) electrons. The number of phenolic OH excluding ortho intramolecular Hbond substituents is 1. The highest BCUT2D eigenvalue weighted by molar-refractivity contribution is 5.83. The SMILES string of the molecule is O/N=C\c1ccc(OCc2ccccc2)cc1O. The first-order chi connectivity index (χ1) is 8.79. The number of oxime groups is 1. The van der Waals surface area contributed by atoms with Gasteiger partial charge in [-0.1, -0.05) is 35.5 Å². The summed E-state index contributed by atoms with van der Waals surface area (Å²) < 4.78 is 5.54. The summed E-state index contributed by atoms with van der Waals surface area (Å²) in [6, 6.07) is 14.6. The fourth-order valence-electron chi connectivity index (χ4n) is 1.53. The minimum absolute atomic E-state index is 0.0124. The Morgan fingerprint density at radius 1 is 1.11 bits per heavy atom. The van der Waals surface area contributed by atoms with Gasteiger partial charge in [0, 0.05) is 11.6 Å². The Morgan fingerprint density at radius 3 is 2.56 bits per heavy atom. The van der Waals surface area contributed by atoms with Crippen molar-refractivity contribution in [2.45, 2.75) is 6.61 Å². The van der Waals surface area contributed by atoms with Crippen molar-refractivity contribution >= 4 is 6.21 Å². The first kappa shape index (κ1) is 12.0. The number of benzene rings is 2. The number of hydrogen-bond acceptors (Lipinski definition) is 4. The maximum atomic E-state index is 9.64. The van der Waals surface area contributed by atoms with Gasteiger partial charge in [-0.15, -0.1) is 0 Å². The summed E-state index contributed by atoms with van der Waals surface area (Å²) in [5.74, 6) is 0.574. The Labute approximate surface area is 105 Å². The molecule has 0 aliphatic heterocycles. The van der Waals surface area contributed by atoms with E-state index in [-0.39, 0.29) is 5.75 Å². The van der Waals surface area contributed by atoms with Crippen LogP contribution in [0.2, 0.25) is 0 Å². The maximum Gasteiger partial charge on any atom is 0.128 e. The summed E-state index contributed by atoms with van der Waals surface area (Å²) in [6.07, 6.45) is 1.16. The van der Waals surface area contributed by atoms with Gasteiger partial charge in [0.1, 0.15) is 18.1 Å². The van der Waals surface area contributed by atoms with E-state index < -0.39 is 0 Å². The van der Waals surface area contributed by atoms with Gasteiger partial charge in [0.05, 0.1) is 6.21 Å². The molecule has 2 N–H and O–H groups in total. The molecule has 0 heterocycles. The largest absolute Gasteiger partial charge is 0.507 e. The molecule has 4 heteroatoms. The van der Waals surface area contributed by atoms with E-state index >= 15 is 0 Å². The van der Waals surface area contributed by atoms with Crippen molar-refractivity contribution < 1.29 is 15.1 Å².